The number of hydrogen-bond acceptors (Lipinski definition) is 3. The number of alkyl halides is 4. The van der Waals surface area contributed by atoms with Crippen LogP contribution < -0.4 is 14.8 Å². The van der Waals surface area contributed by atoms with Crippen LogP contribution in [-0.2, 0) is 13.0 Å². The van der Waals surface area contributed by atoms with Crippen molar-refractivity contribution >= 4 is 17.3 Å². The molecular weight excluding hydrogens is 434 g/mol. The number of rotatable bonds is 9. The van der Waals surface area contributed by atoms with Crippen LogP contribution in [0.3, 0.4) is 0 Å². The molecule has 0 bridgehead atoms. The standard InChI is InChI=1S/C23H20ClF4NO2/c1-2-16-13-17(10-11-19(16)24)30-21-9-4-3-8-20(21)29-14-15-6-5-7-18(12-15)31-23(27,28)22(25)26/h3-13,22,29H,2,14H2,1H3. The first-order chi connectivity index (χ1) is 14.8. The van der Waals surface area contributed by atoms with Crippen molar-refractivity contribution in [3.05, 3.63) is 82.9 Å². The first-order valence-corrected chi connectivity index (χ1v) is 9.89. The third-order valence-electron chi connectivity index (χ3n) is 4.40. The monoisotopic (exact) mass is 453 g/mol. The Kier molecular flexibility index (Phi) is 7.28. The van der Waals surface area contributed by atoms with Crippen molar-refractivity contribution < 1.29 is 27.0 Å². The van der Waals surface area contributed by atoms with Crippen LogP contribution in [0.25, 0.3) is 0 Å². The van der Waals surface area contributed by atoms with E-state index in [1.807, 2.05) is 25.1 Å². The Hall–Kier alpha value is -2.93. The van der Waals surface area contributed by atoms with Crippen molar-refractivity contribution in [3.63, 3.8) is 0 Å². The van der Waals surface area contributed by atoms with Gasteiger partial charge in [0.1, 0.15) is 11.5 Å². The second-order valence-electron chi connectivity index (χ2n) is 6.67. The van der Waals surface area contributed by atoms with Gasteiger partial charge in [0.15, 0.2) is 5.75 Å². The normalized spacial score (nSPS) is 11.5. The van der Waals surface area contributed by atoms with E-state index < -0.39 is 12.5 Å². The van der Waals surface area contributed by atoms with Gasteiger partial charge in [0, 0.05) is 11.6 Å². The molecule has 0 aliphatic carbocycles. The molecule has 1 N–H and O–H groups in total. The molecule has 3 aromatic carbocycles. The lowest BCUT2D eigenvalue weighted by Gasteiger charge is -2.17. The molecular formula is C23H20ClF4NO2. The fourth-order valence-electron chi connectivity index (χ4n) is 2.83. The third-order valence-corrected chi connectivity index (χ3v) is 4.77. The molecule has 0 atom stereocenters. The molecule has 0 spiro atoms. The SMILES string of the molecule is CCc1cc(Oc2ccccc2NCc2cccc(OC(F)(F)C(F)F)c2)ccc1Cl. The van der Waals surface area contributed by atoms with Crippen molar-refractivity contribution in [2.24, 2.45) is 0 Å². The van der Waals surface area contributed by atoms with E-state index in [0.29, 0.717) is 27.8 Å². The van der Waals surface area contributed by atoms with Crippen LogP contribution in [0.2, 0.25) is 5.02 Å². The lowest BCUT2D eigenvalue weighted by molar-refractivity contribution is -0.253. The Morgan fingerprint density at radius 2 is 1.74 bits per heavy atom. The maximum Gasteiger partial charge on any atom is 0.461 e. The highest BCUT2D eigenvalue weighted by Gasteiger charge is 2.43. The summed E-state index contributed by atoms with van der Waals surface area (Å²) in [5.74, 6) is 0.839. The largest absolute Gasteiger partial charge is 0.461 e. The fourth-order valence-corrected chi connectivity index (χ4v) is 3.08. The summed E-state index contributed by atoms with van der Waals surface area (Å²) in [6.07, 6.45) is -7.71. The molecule has 31 heavy (non-hydrogen) atoms. The summed E-state index contributed by atoms with van der Waals surface area (Å²) < 4.78 is 61.1. The summed E-state index contributed by atoms with van der Waals surface area (Å²) in [5, 5.41) is 3.83. The van der Waals surface area contributed by atoms with Gasteiger partial charge in [-0.1, -0.05) is 42.8 Å². The molecule has 0 aliphatic heterocycles. The number of halogens is 5. The number of ether oxygens (including phenoxy) is 2. The number of hydrogen-bond donors (Lipinski definition) is 1. The molecule has 0 amide bonds. The van der Waals surface area contributed by atoms with Gasteiger partial charge in [-0.2, -0.15) is 17.6 Å². The zero-order valence-electron chi connectivity index (χ0n) is 16.5. The second kappa shape index (κ2) is 9.92. The summed E-state index contributed by atoms with van der Waals surface area (Å²) in [6.45, 7) is 2.23. The maximum atomic E-state index is 13.1. The van der Waals surface area contributed by atoms with E-state index >= 15 is 0 Å². The van der Waals surface area contributed by atoms with Crippen LogP contribution in [-0.4, -0.2) is 12.5 Å². The Balaban J connectivity index is 1.71. The first-order valence-electron chi connectivity index (χ1n) is 9.51. The number of aryl methyl sites for hydroxylation is 1. The van der Waals surface area contributed by atoms with Gasteiger partial charge in [-0.15, -0.1) is 0 Å². The lowest BCUT2D eigenvalue weighted by Crippen LogP contribution is -2.33. The molecule has 164 valence electrons. The molecule has 3 aromatic rings. The van der Waals surface area contributed by atoms with Crippen molar-refractivity contribution in [2.45, 2.75) is 32.4 Å². The summed E-state index contributed by atoms with van der Waals surface area (Å²) in [5.41, 5.74) is 2.19. The molecule has 0 heterocycles. The summed E-state index contributed by atoms with van der Waals surface area (Å²) in [7, 11) is 0. The van der Waals surface area contributed by atoms with Gasteiger partial charge in [-0.05, 0) is 60.0 Å². The van der Waals surface area contributed by atoms with E-state index in [-0.39, 0.29) is 12.3 Å². The Labute approximate surface area is 182 Å². The molecule has 0 fully saturated rings. The highest BCUT2D eigenvalue weighted by Crippen LogP contribution is 2.32. The van der Waals surface area contributed by atoms with Gasteiger partial charge in [-0.25, -0.2) is 0 Å². The molecule has 0 unspecified atom stereocenters. The first kappa shape index (κ1) is 22.7. The predicted molar refractivity (Wildman–Crippen MR) is 113 cm³/mol. The molecule has 3 rings (SSSR count). The molecule has 0 saturated carbocycles. The van der Waals surface area contributed by atoms with Crippen molar-refractivity contribution in [2.75, 3.05) is 5.32 Å². The third kappa shape index (κ3) is 6.04. The van der Waals surface area contributed by atoms with E-state index in [2.05, 4.69) is 10.1 Å². The van der Waals surface area contributed by atoms with E-state index in [1.165, 1.54) is 18.2 Å². The fraction of sp³-hybridized carbons (Fsp3) is 0.217. The minimum Gasteiger partial charge on any atom is -0.455 e. The maximum absolute atomic E-state index is 13.1. The van der Waals surface area contributed by atoms with E-state index in [1.54, 1.807) is 30.3 Å². The van der Waals surface area contributed by atoms with Crippen molar-refractivity contribution in [1.82, 2.24) is 0 Å². The molecule has 0 aliphatic rings. The molecule has 0 aromatic heterocycles. The van der Waals surface area contributed by atoms with Crippen LogP contribution in [0, 0.1) is 0 Å². The zero-order chi connectivity index (χ0) is 22.4. The van der Waals surface area contributed by atoms with Gasteiger partial charge in [-0.3, -0.25) is 0 Å². The Bertz CT molecular complexity index is 1030. The Morgan fingerprint density at radius 1 is 0.968 bits per heavy atom. The average molecular weight is 454 g/mol. The zero-order valence-corrected chi connectivity index (χ0v) is 17.3. The van der Waals surface area contributed by atoms with E-state index in [9.17, 15) is 17.6 Å². The van der Waals surface area contributed by atoms with Crippen molar-refractivity contribution in [3.8, 4) is 17.2 Å². The smallest absolute Gasteiger partial charge is 0.455 e. The number of benzene rings is 3. The number of para-hydroxylation sites is 2. The van der Waals surface area contributed by atoms with Crippen LogP contribution in [0.15, 0.2) is 66.7 Å². The average Bonchev–Trinajstić information content (AvgIpc) is 2.74. The highest BCUT2D eigenvalue weighted by molar-refractivity contribution is 6.31. The van der Waals surface area contributed by atoms with E-state index in [0.717, 1.165) is 12.0 Å². The van der Waals surface area contributed by atoms with Gasteiger partial charge in [0.25, 0.3) is 0 Å². The number of anilines is 1. The van der Waals surface area contributed by atoms with E-state index in [4.69, 9.17) is 16.3 Å². The van der Waals surface area contributed by atoms with Crippen LogP contribution in [0.4, 0.5) is 23.2 Å². The minimum atomic E-state index is -4.55. The molecule has 0 saturated heterocycles. The van der Waals surface area contributed by atoms with Gasteiger partial charge >= 0.3 is 12.5 Å². The molecule has 3 nitrogen and oxygen atoms in total. The van der Waals surface area contributed by atoms with Gasteiger partial charge in [0.2, 0.25) is 0 Å². The summed E-state index contributed by atoms with van der Waals surface area (Å²) in [4.78, 5) is 0. The van der Waals surface area contributed by atoms with Gasteiger partial charge in [0.05, 0.1) is 5.69 Å². The van der Waals surface area contributed by atoms with Gasteiger partial charge < -0.3 is 14.8 Å². The topological polar surface area (TPSA) is 30.5 Å². The second-order valence-corrected chi connectivity index (χ2v) is 7.08. The predicted octanol–water partition coefficient (Wildman–Crippen LogP) is 7.54. The summed E-state index contributed by atoms with van der Waals surface area (Å²) >= 11 is 6.15. The lowest BCUT2D eigenvalue weighted by atomic mass is 10.1. The highest BCUT2D eigenvalue weighted by atomic mass is 35.5. The molecule has 0 radical (unpaired) electrons. The quantitative estimate of drug-likeness (QED) is 0.339. The van der Waals surface area contributed by atoms with Crippen LogP contribution in [0.5, 0.6) is 17.2 Å². The Morgan fingerprint density at radius 3 is 2.48 bits per heavy atom. The number of nitrogens with one attached hydrogen (secondary N) is 1. The van der Waals surface area contributed by atoms with Crippen LogP contribution >= 0.6 is 11.6 Å². The molecule has 8 heteroatoms. The van der Waals surface area contributed by atoms with Crippen LogP contribution in [0.1, 0.15) is 18.1 Å². The van der Waals surface area contributed by atoms with Crippen molar-refractivity contribution in [1.29, 1.82) is 0 Å². The summed E-state index contributed by atoms with van der Waals surface area (Å²) in [6, 6.07) is 18.2. The minimum absolute atomic E-state index is 0.235.